The fraction of sp³-hybridized carbons (Fsp3) is 0.231. The average molecular weight is 327 g/mol. The van der Waals surface area contributed by atoms with Crippen molar-refractivity contribution in [1.29, 1.82) is 0 Å². The van der Waals surface area contributed by atoms with Crippen LogP contribution in [0, 0.1) is 4.64 Å². The number of thioether (sulfide) groups is 2. The molecule has 1 aromatic heterocycles. The van der Waals surface area contributed by atoms with E-state index in [9.17, 15) is 0 Å². The van der Waals surface area contributed by atoms with Crippen LogP contribution in [0.3, 0.4) is 0 Å². The first-order valence-electron chi connectivity index (χ1n) is 5.79. The first-order valence-corrected chi connectivity index (χ1v) is 8.72. The maximum Gasteiger partial charge on any atom is 0.134 e. The van der Waals surface area contributed by atoms with Gasteiger partial charge in [0.2, 0.25) is 0 Å². The lowest BCUT2D eigenvalue weighted by Gasteiger charge is -2.05. The molecular weight excluding hydrogens is 316 g/mol. The summed E-state index contributed by atoms with van der Waals surface area (Å²) in [4.78, 5) is 9.06. The number of nitrogens with one attached hydrogen (secondary N) is 1. The van der Waals surface area contributed by atoms with Crippen LogP contribution in [0.25, 0.3) is 0 Å². The first-order chi connectivity index (χ1) is 9.22. The van der Waals surface area contributed by atoms with Crippen molar-refractivity contribution in [3.05, 3.63) is 51.0 Å². The van der Waals surface area contributed by atoms with Crippen molar-refractivity contribution in [1.82, 2.24) is 9.97 Å². The van der Waals surface area contributed by atoms with Gasteiger partial charge in [-0.15, -0.1) is 11.8 Å². The summed E-state index contributed by atoms with van der Waals surface area (Å²) in [7, 11) is 0. The highest BCUT2D eigenvalue weighted by molar-refractivity contribution is 7.98. The SMILES string of the molecule is S=c1nc(CSc2ccc(Cl)cc2)[nH]c2c1CSC2. The van der Waals surface area contributed by atoms with Crippen molar-refractivity contribution in [3.63, 3.8) is 0 Å². The Morgan fingerprint density at radius 2 is 2.11 bits per heavy atom. The number of benzene rings is 1. The summed E-state index contributed by atoms with van der Waals surface area (Å²) in [6.45, 7) is 0. The van der Waals surface area contributed by atoms with Gasteiger partial charge in [-0.25, -0.2) is 4.98 Å². The molecule has 0 saturated heterocycles. The molecule has 19 heavy (non-hydrogen) atoms. The maximum absolute atomic E-state index is 5.87. The summed E-state index contributed by atoms with van der Waals surface area (Å²) in [5.41, 5.74) is 2.46. The highest BCUT2D eigenvalue weighted by Gasteiger charge is 2.15. The van der Waals surface area contributed by atoms with Crippen LogP contribution >= 0.6 is 47.3 Å². The predicted molar refractivity (Wildman–Crippen MR) is 85.4 cm³/mol. The van der Waals surface area contributed by atoms with E-state index in [0.717, 1.165) is 32.7 Å². The second kappa shape index (κ2) is 5.87. The van der Waals surface area contributed by atoms with Gasteiger partial charge in [0, 0.05) is 32.7 Å². The minimum Gasteiger partial charge on any atom is -0.345 e. The molecule has 98 valence electrons. The summed E-state index contributed by atoms with van der Waals surface area (Å²) in [5.74, 6) is 3.75. The Hall–Kier alpha value is -0.490. The van der Waals surface area contributed by atoms with Crippen molar-refractivity contribution in [2.24, 2.45) is 0 Å². The molecule has 2 heterocycles. The average Bonchev–Trinajstić information content (AvgIpc) is 2.87. The molecule has 0 saturated carbocycles. The molecule has 2 aromatic rings. The Morgan fingerprint density at radius 3 is 2.89 bits per heavy atom. The number of aromatic amines is 1. The van der Waals surface area contributed by atoms with E-state index in [4.69, 9.17) is 23.8 Å². The summed E-state index contributed by atoms with van der Waals surface area (Å²) in [5, 5.41) is 0.761. The summed E-state index contributed by atoms with van der Waals surface area (Å²) < 4.78 is 0.755. The van der Waals surface area contributed by atoms with Crippen molar-refractivity contribution in [2.45, 2.75) is 22.2 Å². The van der Waals surface area contributed by atoms with Crippen LogP contribution in [0.1, 0.15) is 17.1 Å². The Bertz CT molecular complexity index is 652. The van der Waals surface area contributed by atoms with Gasteiger partial charge in [-0.1, -0.05) is 23.8 Å². The second-order valence-electron chi connectivity index (χ2n) is 4.18. The number of H-pyrrole nitrogens is 1. The summed E-state index contributed by atoms with van der Waals surface area (Å²) in [6, 6.07) is 7.84. The second-order valence-corrected chi connectivity index (χ2v) is 7.04. The quantitative estimate of drug-likeness (QED) is 0.646. The molecule has 1 aliphatic rings. The van der Waals surface area contributed by atoms with Gasteiger partial charge in [0.25, 0.3) is 0 Å². The number of fused-ring (bicyclic) bond motifs is 1. The van der Waals surface area contributed by atoms with Gasteiger partial charge in [-0.3, -0.25) is 0 Å². The van der Waals surface area contributed by atoms with Crippen molar-refractivity contribution in [2.75, 3.05) is 0 Å². The van der Waals surface area contributed by atoms with Gasteiger partial charge in [0.15, 0.2) is 0 Å². The normalized spacial score (nSPS) is 13.5. The molecule has 0 bridgehead atoms. The van der Waals surface area contributed by atoms with Crippen LogP contribution in [-0.4, -0.2) is 9.97 Å². The molecule has 0 fully saturated rings. The number of halogens is 1. The van der Waals surface area contributed by atoms with Crippen molar-refractivity contribution >= 4 is 47.3 Å². The molecule has 1 aliphatic heterocycles. The van der Waals surface area contributed by atoms with Crippen molar-refractivity contribution < 1.29 is 0 Å². The van der Waals surface area contributed by atoms with Gasteiger partial charge in [-0.2, -0.15) is 11.8 Å². The molecule has 0 spiro atoms. The highest BCUT2D eigenvalue weighted by Crippen LogP contribution is 2.30. The van der Waals surface area contributed by atoms with E-state index in [1.165, 1.54) is 16.2 Å². The Morgan fingerprint density at radius 1 is 1.32 bits per heavy atom. The molecule has 0 atom stereocenters. The molecule has 2 nitrogen and oxygen atoms in total. The standard InChI is InChI=1S/C13H11ClN2S3/c14-8-1-3-9(4-2-8)19-7-12-15-11-6-18-5-10(11)13(17)16-12/h1-4H,5-7H2,(H,15,16,17). The predicted octanol–water partition coefficient (Wildman–Crippen LogP) is 4.83. The molecule has 1 N–H and O–H groups in total. The van der Waals surface area contributed by atoms with Gasteiger partial charge >= 0.3 is 0 Å². The van der Waals surface area contributed by atoms with E-state index in [2.05, 4.69) is 9.97 Å². The zero-order valence-corrected chi connectivity index (χ0v) is 13.2. The lowest BCUT2D eigenvalue weighted by Crippen LogP contribution is -1.99. The fourth-order valence-corrected chi connectivity index (χ4v) is 4.23. The minimum absolute atomic E-state index is 0.755. The smallest absolute Gasteiger partial charge is 0.134 e. The molecule has 1 aromatic carbocycles. The fourth-order valence-electron chi connectivity index (χ4n) is 1.87. The largest absolute Gasteiger partial charge is 0.345 e. The van der Waals surface area contributed by atoms with Crippen LogP contribution in [0.2, 0.25) is 5.02 Å². The molecular formula is C13H11ClN2S3. The molecule has 0 unspecified atom stereocenters. The van der Waals surface area contributed by atoms with Crippen LogP contribution < -0.4 is 0 Å². The first kappa shape index (κ1) is 13.5. The zero-order chi connectivity index (χ0) is 13.2. The summed E-state index contributed by atoms with van der Waals surface area (Å²) >= 11 is 14.8. The summed E-state index contributed by atoms with van der Waals surface area (Å²) in [6.07, 6.45) is 0. The third-order valence-corrected chi connectivity index (χ3v) is 5.43. The monoisotopic (exact) mass is 326 g/mol. The minimum atomic E-state index is 0.755. The Kier molecular flexibility index (Phi) is 4.17. The highest BCUT2D eigenvalue weighted by atomic mass is 35.5. The molecule has 0 radical (unpaired) electrons. The Labute approximate surface area is 130 Å². The number of hydrogen-bond donors (Lipinski definition) is 1. The van der Waals surface area contributed by atoms with Gasteiger partial charge in [0.1, 0.15) is 10.5 Å². The van der Waals surface area contributed by atoms with E-state index in [1.54, 1.807) is 11.8 Å². The number of aromatic nitrogens is 2. The molecule has 3 rings (SSSR count). The Balaban J connectivity index is 1.75. The third kappa shape index (κ3) is 3.16. The lowest BCUT2D eigenvalue weighted by atomic mass is 10.3. The zero-order valence-electron chi connectivity index (χ0n) is 9.98. The van der Waals surface area contributed by atoms with Crippen LogP contribution in [0.5, 0.6) is 0 Å². The van der Waals surface area contributed by atoms with Crippen LogP contribution in [-0.2, 0) is 17.3 Å². The number of rotatable bonds is 3. The molecule has 0 aliphatic carbocycles. The lowest BCUT2D eigenvalue weighted by molar-refractivity contribution is 0.963. The van der Waals surface area contributed by atoms with Gasteiger partial charge < -0.3 is 4.98 Å². The van der Waals surface area contributed by atoms with E-state index < -0.39 is 0 Å². The van der Waals surface area contributed by atoms with E-state index >= 15 is 0 Å². The maximum atomic E-state index is 5.87. The topological polar surface area (TPSA) is 28.7 Å². The van der Waals surface area contributed by atoms with Gasteiger partial charge in [-0.05, 0) is 24.3 Å². The van der Waals surface area contributed by atoms with Crippen molar-refractivity contribution in [3.8, 4) is 0 Å². The van der Waals surface area contributed by atoms with E-state index in [-0.39, 0.29) is 0 Å². The number of hydrogen-bond acceptors (Lipinski definition) is 4. The molecule has 0 amide bonds. The number of nitrogens with zero attached hydrogens (tertiary/aromatic N) is 1. The van der Waals surface area contributed by atoms with E-state index in [1.807, 2.05) is 36.0 Å². The van der Waals surface area contributed by atoms with Crippen LogP contribution in [0.4, 0.5) is 0 Å². The van der Waals surface area contributed by atoms with Gasteiger partial charge in [0.05, 0.1) is 5.75 Å². The van der Waals surface area contributed by atoms with E-state index in [0.29, 0.717) is 0 Å². The molecule has 6 heteroatoms. The third-order valence-electron chi connectivity index (χ3n) is 2.84. The van der Waals surface area contributed by atoms with Crippen LogP contribution in [0.15, 0.2) is 29.2 Å².